The Morgan fingerprint density at radius 3 is 2.53 bits per heavy atom. The predicted octanol–water partition coefficient (Wildman–Crippen LogP) is 6.21. The van der Waals surface area contributed by atoms with Crippen LogP contribution in [0.15, 0.2) is 82.7 Å². The van der Waals surface area contributed by atoms with Crippen molar-refractivity contribution < 1.29 is 14.3 Å². The van der Waals surface area contributed by atoms with Crippen LogP contribution in [0.25, 0.3) is 6.08 Å². The number of rotatable bonds is 7. The largest absolute Gasteiger partial charge is 0.490 e. The highest BCUT2D eigenvalue weighted by Crippen LogP contribution is 2.33. The van der Waals surface area contributed by atoms with Crippen LogP contribution >= 0.6 is 23.4 Å². The Morgan fingerprint density at radius 1 is 1.00 bits per heavy atom. The highest BCUT2D eigenvalue weighted by atomic mass is 35.5. The molecule has 3 aromatic rings. The fraction of sp³-hybridized carbons (Fsp3) is 0.120. The quantitative estimate of drug-likeness (QED) is 0.422. The number of amidine groups is 1. The van der Waals surface area contributed by atoms with Crippen LogP contribution in [0.2, 0.25) is 5.02 Å². The number of benzene rings is 3. The Morgan fingerprint density at radius 2 is 1.78 bits per heavy atom. The lowest BCUT2D eigenvalue weighted by molar-refractivity contribution is -0.115. The minimum absolute atomic E-state index is 0.190. The van der Waals surface area contributed by atoms with Crippen molar-refractivity contribution in [2.75, 3.05) is 6.61 Å². The zero-order chi connectivity index (χ0) is 22.3. The Bertz CT molecular complexity index is 1160. The fourth-order valence-corrected chi connectivity index (χ4v) is 3.97. The van der Waals surface area contributed by atoms with Gasteiger partial charge in [-0.2, -0.15) is 0 Å². The first-order chi connectivity index (χ1) is 15.6. The van der Waals surface area contributed by atoms with Crippen molar-refractivity contribution in [3.63, 3.8) is 0 Å². The smallest absolute Gasteiger partial charge is 0.264 e. The van der Waals surface area contributed by atoms with Gasteiger partial charge in [-0.3, -0.25) is 4.79 Å². The minimum Gasteiger partial charge on any atom is -0.490 e. The maximum Gasteiger partial charge on any atom is 0.264 e. The maximum absolute atomic E-state index is 12.4. The first kappa shape index (κ1) is 22.0. The molecule has 162 valence electrons. The molecule has 1 aliphatic rings. The Kier molecular flexibility index (Phi) is 7.14. The van der Waals surface area contributed by atoms with Crippen LogP contribution in [-0.2, 0) is 11.4 Å². The molecule has 1 amide bonds. The van der Waals surface area contributed by atoms with Crippen molar-refractivity contribution in [3.05, 3.63) is 93.9 Å². The van der Waals surface area contributed by atoms with E-state index in [9.17, 15) is 4.79 Å². The van der Waals surface area contributed by atoms with Crippen molar-refractivity contribution in [3.8, 4) is 11.5 Å². The van der Waals surface area contributed by atoms with Gasteiger partial charge in [0.1, 0.15) is 6.61 Å². The molecule has 32 heavy (non-hydrogen) atoms. The van der Waals surface area contributed by atoms with Gasteiger partial charge in [0, 0.05) is 5.02 Å². The standard InChI is InChI=1S/C25H21ClN2O3S/c1-2-30-22-14-18(8-13-21(22)31-16-17-6-4-3-5-7-17)15-23-24(29)28-25(32-23)27-20-11-9-19(26)10-12-20/h3-15H,2,16H2,1H3,(H,27,28,29)/b23-15-. The van der Waals surface area contributed by atoms with Crippen LogP contribution in [0.3, 0.4) is 0 Å². The van der Waals surface area contributed by atoms with E-state index in [1.165, 1.54) is 11.8 Å². The summed E-state index contributed by atoms with van der Waals surface area (Å²) in [4.78, 5) is 17.4. The number of carbonyl (C=O) groups excluding carboxylic acids is 1. The van der Waals surface area contributed by atoms with E-state index in [-0.39, 0.29) is 5.91 Å². The molecule has 0 unspecified atom stereocenters. The van der Waals surface area contributed by atoms with E-state index in [1.54, 1.807) is 24.3 Å². The van der Waals surface area contributed by atoms with E-state index in [0.717, 1.165) is 16.8 Å². The summed E-state index contributed by atoms with van der Waals surface area (Å²) in [6.45, 7) is 2.88. The summed E-state index contributed by atoms with van der Waals surface area (Å²) in [7, 11) is 0. The van der Waals surface area contributed by atoms with Gasteiger partial charge in [0.15, 0.2) is 16.7 Å². The number of hydrogen-bond acceptors (Lipinski definition) is 5. The lowest BCUT2D eigenvalue weighted by atomic mass is 10.2. The molecule has 7 heteroatoms. The SMILES string of the molecule is CCOc1cc(/C=C2\SC(=Nc3ccc(Cl)cc3)NC2=O)ccc1OCc1ccccc1. The number of amides is 1. The zero-order valence-electron chi connectivity index (χ0n) is 17.4. The van der Waals surface area contributed by atoms with Crippen LogP contribution in [0.1, 0.15) is 18.1 Å². The Balaban J connectivity index is 1.50. The van der Waals surface area contributed by atoms with E-state index >= 15 is 0 Å². The summed E-state index contributed by atoms with van der Waals surface area (Å²) in [5, 5.41) is 3.96. The van der Waals surface area contributed by atoms with Gasteiger partial charge in [-0.1, -0.05) is 48.0 Å². The lowest BCUT2D eigenvalue weighted by Crippen LogP contribution is -2.19. The average molecular weight is 465 g/mol. The molecule has 3 aromatic carbocycles. The van der Waals surface area contributed by atoms with Crippen LogP contribution in [0, 0.1) is 0 Å². The normalized spacial score (nSPS) is 15.8. The molecule has 1 fully saturated rings. The first-order valence-corrected chi connectivity index (χ1v) is 11.3. The maximum atomic E-state index is 12.4. The third kappa shape index (κ3) is 5.72. The predicted molar refractivity (Wildman–Crippen MR) is 131 cm³/mol. The van der Waals surface area contributed by atoms with Gasteiger partial charge in [0.25, 0.3) is 5.91 Å². The summed E-state index contributed by atoms with van der Waals surface area (Å²) in [6.07, 6.45) is 1.81. The number of ether oxygens (including phenoxy) is 2. The monoisotopic (exact) mass is 464 g/mol. The molecule has 4 rings (SSSR count). The van der Waals surface area contributed by atoms with Crippen LogP contribution in [0.4, 0.5) is 5.69 Å². The van der Waals surface area contributed by atoms with Crippen molar-refractivity contribution in [2.24, 2.45) is 4.99 Å². The molecule has 1 saturated heterocycles. The molecule has 0 saturated carbocycles. The topological polar surface area (TPSA) is 59.9 Å². The molecule has 0 atom stereocenters. The number of nitrogens with zero attached hydrogens (tertiary/aromatic N) is 1. The van der Waals surface area contributed by atoms with Gasteiger partial charge in [-0.15, -0.1) is 0 Å². The minimum atomic E-state index is -0.190. The summed E-state index contributed by atoms with van der Waals surface area (Å²) in [5.41, 5.74) is 2.63. The molecule has 1 N–H and O–H groups in total. The van der Waals surface area contributed by atoms with Crippen molar-refractivity contribution in [2.45, 2.75) is 13.5 Å². The molecule has 5 nitrogen and oxygen atoms in total. The van der Waals surface area contributed by atoms with E-state index in [0.29, 0.717) is 39.8 Å². The van der Waals surface area contributed by atoms with E-state index in [2.05, 4.69) is 10.3 Å². The molecule has 0 spiro atoms. The van der Waals surface area contributed by atoms with E-state index in [1.807, 2.05) is 61.5 Å². The van der Waals surface area contributed by atoms with Gasteiger partial charge in [-0.25, -0.2) is 4.99 Å². The van der Waals surface area contributed by atoms with Crippen molar-refractivity contribution in [1.82, 2.24) is 5.32 Å². The van der Waals surface area contributed by atoms with Crippen LogP contribution in [-0.4, -0.2) is 17.7 Å². The molecule has 0 bridgehead atoms. The molecule has 1 aliphatic heterocycles. The van der Waals surface area contributed by atoms with Gasteiger partial charge < -0.3 is 14.8 Å². The molecular formula is C25H21ClN2O3S. The summed E-state index contributed by atoms with van der Waals surface area (Å²) < 4.78 is 11.7. The second-order valence-electron chi connectivity index (χ2n) is 6.87. The number of hydrogen-bond donors (Lipinski definition) is 1. The number of aliphatic imine (C=N–C) groups is 1. The number of thioether (sulfide) groups is 1. The van der Waals surface area contributed by atoms with Crippen molar-refractivity contribution >= 4 is 46.2 Å². The average Bonchev–Trinajstić information content (AvgIpc) is 3.14. The first-order valence-electron chi connectivity index (χ1n) is 10.1. The molecule has 0 aliphatic carbocycles. The highest BCUT2D eigenvalue weighted by Gasteiger charge is 2.24. The second kappa shape index (κ2) is 10.4. The van der Waals surface area contributed by atoms with Gasteiger partial charge >= 0.3 is 0 Å². The summed E-state index contributed by atoms with van der Waals surface area (Å²) in [5.74, 6) is 1.10. The molecule has 0 aromatic heterocycles. The lowest BCUT2D eigenvalue weighted by Gasteiger charge is -2.13. The number of carbonyl (C=O) groups is 1. The third-order valence-electron chi connectivity index (χ3n) is 4.51. The van der Waals surface area contributed by atoms with Gasteiger partial charge in [0.05, 0.1) is 17.2 Å². The van der Waals surface area contributed by atoms with Crippen LogP contribution < -0.4 is 14.8 Å². The summed E-state index contributed by atoms with van der Waals surface area (Å²) in [6, 6.07) is 22.7. The zero-order valence-corrected chi connectivity index (χ0v) is 19.0. The van der Waals surface area contributed by atoms with Gasteiger partial charge in [0.2, 0.25) is 0 Å². The highest BCUT2D eigenvalue weighted by molar-refractivity contribution is 8.18. The molecular weight excluding hydrogens is 444 g/mol. The Hall–Kier alpha value is -3.22. The van der Waals surface area contributed by atoms with Crippen molar-refractivity contribution in [1.29, 1.82) is 0 Å². The number of nitrogens with one attached hydrogen (secondary N) is 1. The van der Waals surface area contributed by atoms with E-state index < -0.39 is 0 Å². The fourth-order valence-electron chi connectivity index (χ4n) is 3.00. The van der Waals surface area contributed by atoms with Gasteiger partial charge in [-0.05, 0) is 72.3 Å². The third-order valence-corrected chi connectivity index (χ3v) is 5.67. The second-order valence-corrected chi connectivity index (χ2v) is 8.34. The summed E-state index contributed by atoms with van der Waals surface area (Å²) >= 11 is 7.20. The molecule has 0 radical (unpaired) electrons. The molecule has 1 heterocycles. The van der Waals surface area contributed by atoms with Crippen LogP contribution in [0.5, 0.6) is 11.5 Å². The number of halogens is 1. The van der Waals surface area contributed by atoms with E-state index in [4.69, 9.17) is 21.1 Å². The Labute approximate surface area is 196 Å².